The molecule has 0 aliphatic carbocycles. The Balaban J connectivity index is 3.21. The zero-order chi connectivity index (χ0) is 14.6. The standard InChI is InChI=1S/C11H16N6O2/c1-4-5-6(12)10-15-8(13)7(9(14)16-10)17(2)11(18)19-3/h4,12H,1,5H2,2-3H3,(H4,13,14,15,16). The summed E-state index contributed by atoms with van der Waals surface area (Å²) in [6.45, 7) is 3.52. The van der Waals surface area contributed by atoms with Gasteiger partial charge in [0.15, 0.2) is 17.5 Å². The van der Waals surface area contributed by atoms with E-state index >= 15 is 0 Å². The van der Waals surface area contributed by atoms with Gasteiger partial charge in [-0.15, -0.1) is 6.58 Å². The first kappa shape index (κ1) is 14.4. The number of nitrogen functional groups attached to an aromatic ring is 2. The lowest BCUT2D eigenvalue weighted by Gasteiger charge is -2.18. The summed E-state index contributed by atoms with van der Waals surface area (Å²) in [6.07, 6.45) is 1.20. The minimum Gasteiger partial charge on any atom is -0.452 e. The minimum atomic E-state index is -0.643. The second-order valence-electron chi connectivity index (χ2n) is 3.67. The van der Waals surface area contributed by atoms with Crippen molar-refractivity contribution in [2.24, 2.45) is 0 Å². The third-order valence-corrected chi connectivity index (χ3v) is 2.34. The highest BCUT2D eigenvalue weighted by Crippen LogP contribution is 2.27. The number of hydrogen-bond donors (Lipinski definition) is 3. The van der Waals surface area contributed by atoms with Gasteiger partial charge in [0.25, 0.3) is 0 Å². The van der Waals surface area contributed by atoms with Crippen molar-refractivity contribution < 1.29 is 9.53 Å². The van der Waals surface area contributed by atoms with Gasteiger partial charge in [-0.1, -0.05) is 6.08 Å². The van der Waals surface area contributed by atoms with Gasteiger partial charge in [0, 0.05) is 13.5 Å². The third kappa shape index (κ3) is 2.97. The van der Waals surface area contributed by atoms with Crippen LogP contribution in [0.4, 0.5) is 22.1 Å². The lowest BCUT2D eigenvalue weighted by atomic mass is 10.2. The lowest BCUT2D eigenvalue weighted by molar-refractivity contribution is 0.180. The number of nitrogens with two attached hydrogens (primary N) is 2. The van der Waals surface area contributed by atoms with Crippen molar-refractivity contribution in [1.82, 2.24) is 9.97 Å². The molecule has 0 aliphatic heterocycles. The second kappa shape index (κ2) is 5.80. The highest BCUT2D eigenvalue weighted by atomic mass is 16.5. The Morgan fingerprint density at radius 3 is 2.42 bits per heavy atom. The monoisotopic (exact) mass is 264 g/mol. The fourth-order valence-electron chi connectivity index (χ4n) is 1.43. The predicted octanol–water partition coefficient (Wildman–Crippen LogP) is 0.788. The number of carbonyl (C=O) groups is 1. The first-order valence-corrected chi connectivity index (χ1v) is 5.35. The summed E-state index contributed by atoms with van der Waals surface area (Å²) in [5, 5.41) is 7.71. The average molecular weight is 264 g/mol. The molecule has 0 spiro atoms. The van der Waals surface area contributed by atoms with Crippen LogP contribution in [-0.2, 0) is 4.74 Å². The van der Waals surface area contributed by atoms with Crippen LogP contribution in [0.5, 0.6) is 0 Å². The maximum atomic E-state index is 11.4. The van der Waals surface area contributed by atoms with E-state index in [2.05, 4.69) is 21.3 Å². The van der Waals surface area contributed by atoms with Gasteiger partial charge in [-0.2, -0.15) is 0 Å². The van der Waals surface area contributed by atoms with E-state index in [4.69, 9.17) is 16.9 Å². The smallest absolute Gasteiger partial charge is 0.413 e. The first-order chi connectivity index (χ1) is 8.92. The summed E-state index contributed by atoms with van der Waals surface area (Å²) >= 11 is 0. The van der Waals surface area contributed by atoms with E-state index in [-0.39, 0.29) is 28.9 Å². The Bertz CT molecular complexity index is 505. The lowest BCUT2D eigenvalue weighted by Crippen LogP contribution is -2.29. The van der Waals surface area contributed by atoms with Crippen LogP contribution in [0.1, 0.15) is 12.2 Å². The maximum Gasteiger partial charge on any atom is 0.413 e. The van der Waals surface area contributed by atoms with Crippen LogP contribution < -0.4 is 16.4 Å². The molecule has 0 aromatic carbocycles. The second-order valence-corrected chi connectivity index (χ2v) is 3.67. The van der Waals surface area contributed by atoms with Crippen LogP contribution in [0.2, 0.25) is 0 Å². The normalized spacial score (nSPS) is 9.79. The molecule has 0 saturated heterocycles. The zero-order valence-corrected chi connectivity index (χ0v) is 10.8. The Morgan fingerprint density at radius 2 is 2.00 bits per heavy atom. The van der Waals surface area contributed by atoms with Gasteiger partial charge in [0.2, 0.25) is 0 Å². The van der Waals surface area contributed by atoms with Crippen LogP contribution in [0.15, 0.2) is 12.7 Å². The topological polar surface area (TPSA) is 131 Å². The number of nitrogens with one attached hydrogen (secondary N) is 1. The molecule has 1 aromatic heterocycles. The molecular formula is C11H16N6O2. The Morgan fingerprint density at radius 1 is 1.47 bits per heavy atom. The molecule has 0 unspecified atom stereocenters. The fraction of sp³-hybridized carbons (Fsp3) is 0.273. The van der Waals surface area contributed by atoms with Crippen molar-refractivity contribution in [3.63, 3.8) is 0 Å². The van der Waals surface area contributed by atoms with Crippen LogP contribution in [0, 0.1) is 5.41 Å². The number of amides is 1. The van der Waals surface area contributed by atoms with E-state index in [1.165, 1.54) is 14.2 Å². The highest BCUT2D eigenvalue weighted by Gasteiger charge is 2.20. The van der Waals surface area contributed by atoms with E-state index in [9.17, 15) is 4.79 Å². The molecule has 0 atom stereocenters. The van der Waals surface area contributed by atoms with Crippen molar-refractivity contribution in [2.75, 3.05) is 30.5 Å². The van der Waals surface area contributed by atoms with Gasteiger partial charge >= 0.3 is 6.09 Å². The average Bonchev–Trinajstić information content (AvgIpc) is 2.36. The molecule has 1 rings (SSSR count). The number of allylic oxidation sites excluding steroid dienone is 1. The summed E-state index contributed by atoms with van der Waals surface area (Å²) < 4.78 is 4.56. The predicted molar refractivity (Wildman–Crippen MR) is 73.3 cm³/mol. The number of aromatic nitrogens is 2. The summed E-state index contributed by atoms with van der Waals surface area (Å²) in [7, 11) is 2.67. The summed E-state index contributed by atoms with van der Waals surface area (Å²) in [6, 6.07) is 0. The number of carbonyl (C=O) groups excluding carboxylic acids is 1. The van der Waals surface area contributed by atoms with Crippen molar-refractivity contribution >= 4 is 29.1 Å². The first-order valence-electron chi connectivity index (χ1n) is 5.35. The van der Waals surface area contributed by atoms with Crippen molar-refractivity contribution in [3.05, 3.63) is 18.5 Å². The molecule has 102 valence electrons. The van der Waals surface area contributed by atoms with Crippen LogP contribution in [-0.4, -0.2) is 35.9 Å². The van der Waals surface area contributed by atoms with Gasteiger partial charge < -0.3 is 21.6 Å². The number of rotatable bonds is 4. The van der Waals surface area contributed by atoms with Gasteiger partial charge in [0.1, 0.15) is 5.69 Å². The van der Waals surface area contributed by atoms with Crippen molar-refractivity contribution in [1.29, 1.82) is 5.41 Å². The summed E-state index contributed by atoms with van der Waals surface area (Å²) in [5.74, 6) is 0.116. The Hall–Kier alpha value is -2.64. The van der Waals surface area contributed by atoms with Gasteiger partial charge in [-0.3, -0.25) is 4.90 Å². The maximum absolute atomic E-state index is 11.4. The molecule has 19 heavy (non-hydrogen) atoms. The third-order valence-electron chi connectivity index (χ3n) is 2.34. The van der Waals surface area contributed by atoms with Gasteiger partial charge in [-0.25, -0.2) is 14.8 Å². The van der Waals surface area contributed by atoms with E-state index in [0.717, 1.165) is 4.90 Å². The largest absolute Gasteiger partial charge is 0.452 e. The number of hydrogen-bond acceptors (Lipinski definition) is 7. The fourth-order valence-corrected chi connectivity index (χ4v) is 1.43. The highest BCUT2D eigenvalue weighted by molar-refractivity contribution is 5.99. The molecular weight excluding hydrogens is 248 g/mol. The van der Waals surface area contributed by atoms with E-state index in [0.29, 0.717) is 6.42 Å². The summed E-state index contributed by atoms with van der Waals surface area (Å²) in [4.78, 5) is 20.4. The van der Waals surface area contributed by atoms with Crippen LogP contribution >= 0.6 is 0 Å². The molecule has 0 aliphatic rings. The number of nitrogens with zero attached hydrogens (tertiary/aromatic N) is 3. The van der Waals surface area contributed by atoms with Crippen LogP contribution in [0.25, 0.3) is 0 Å². The van der Waals surface area contributed by atoms with Crippen molar-refractivity contribution in [3.8, 4) is 0 Å². The van der Waals surface area contributed by atoms with E-state index in [1.54, 1.807) is 6.08 Å². The Labute approximate surface area is 110 Å². The molecule has 0 radical (unpaired) electrons. The van der Waals surface area contributed by atoms with E-state index < -0.39 is 6.09 Å². The van der Waals surface area contributed by atoms with E-state index in [1.807, 2.05) is 0 Å². The van der Waals surface area contributed by atoms with Crippen LogP contribution in [0.3, 0.4) is 0 Å². The molecule has 1 heterocycles. The summed E-state index contributed by atoms with van der Waals surface area (Å²) in [5.41, 5.74) is 11.8. The van der Waals surface area contributed by atoms with Gasteiger partial charge in [0.05, 0.1) is 12.8 Å². The van der Waals surface area contributed by atoms with Crippen molar-refractivity contribution in [2.45, 2.75) is 6.42 Å². The molecule has 0 fully saturated rings. The SMILES string of the molecule is C=CCC(=N)c1nc(N)c(N(C)C(=O)OC)c(N)n1. The number of anilines is 3. The number of ether oxygens (including phenoxy) is 1. The minimum absolute atomic E-state index is 0.00390. The molecule has 5 N–H and O–H groups in total. The Kier molecular flexibility index (Phi) is 4.41. The molecule has 1 amide bonds. The molecule has 8 nitrogen and oxygen atoms in total. The quantitative estimate of drug-likeness (QED) is 0.544. The number of methoxy groups -OCH3 is 1. The molecule has 1 aromatic rings. The van der Waals surface area contributed by atoms with Gasteiger partial charge in [-0.05, 0) is 0 Å². The molecule has 0 saturated carbocycles. The molecule has 0 bridgehead atoms. The molecule has 8 heteroatoms. The zero-order valence-electron chi connectivity index (χ0n) is 10.8.